The number of hydrogen-bond donors (Lipinski definition) is 2. The third-order valence-corrected chi connectivity index (χ3v) is 1.68. The van der Waals surface area contributed by atoms with Crippen molar-refractivity contribution >= 4 is 11.8 Å². The molecule has 0 rings (SSSR count). The van der Waals surface area contributed by atoms with E-state index in [2.05, 4.69) is 10.6 Å². The Morgan fingerprint density at radius 1 is 1.31 bits per heavy atom. The Bertz CT molecular complexity index is 182. The maximum Gasteiger partial charge on any atom is 0.239 e. The summed E-state index contributed by atoms with van der Waals surface area (Å²) in [5.74, 6) is -0.208. The van der Waals surface area contributed by atoms with Crippen molar-refractivity contribution in [3.05, 3.63) is 0 Å². The van der Waals surface area contributed by atoms with E-state index in [-0.39, 0.29) is 24.9 Å². The van der Waals surface area contributed by atoms with Gasteiger partial charge in [-0.3, -0.25) is 9.59 Å². The van der Waals surface area contributed by atoms with Crippen molar-refractivity contribution in [3.8, 4) is 0 Å². The van der Waals surface area contributed by atoms with E-state index in [0.29, 0.717) is 6.54 Å². The Morgan fingerprint density at radius 3 is 2.31 bits per heavy atom. The Morgan fingerprint density at radius 2 is 1.92 bits per heavy atom. The molecule has 5 heteroatoms. The molecule has 0 radical (unpaired) electrons. The molecule has 0 aromatic rings. The lowest BCUT2D eigenvalue weighted by Gasteiger charge is -2.19. The standard InChI is InChI=1S/C8H17N3O2/c1-4-11(6-7(12)10-3)8(13)5-9-2/h9H,4-6H2,1-3H3,(H,10,12). The van der Waals surface area contributed by atoms with Crippen LogP contribution < -0.4 is 10.6 Å². The molecule has 5 nitrogen and oxygen atoms in total. The zero-order chi connectivity index (χ0) is 10.3. The number of nitrogens with one attached hydrogen (secondary N) is 2. The molecule has 0 aliphatic carbocycles. The van der Waals surface area contributed by atoms with Crippen LogP contribution in [0.25, 0.3) is 0 Å². The van der Waals surface area contributed by atoms with Gasteiger partial charge in [0.25, 0.3) is 0 Å². The second-order valence-electron chi connectivity index (χ2n) is 2.61. The van der Waals surface area contributed by atoms with E-state index in [1.807, 2.05) is 6.92 Å². The molecule has 0 unspecified atom stereocenters. The minimum absolute atomic E-state index is 0.0615. The van der Waals surface area contributed by atoms with E-state index < -0.39 is 0 Å². The van der Waals surface area contributed by atoms with Crippen LogP contribution in [0.5, 0.6) is 0 Å². The van der Waals surface area contributed by atoms with Crippen LogP contribution in [0.2, 0.25) is 0 Å². The molecule has 0 bridgehead atoms. The summed E-state index contributed by atoms with van der Waals surface area (Å²) in [6, 6.07) is 0. The van der Waals surface area contributed by atoms with Crippen LogP contribution in [0.1, 0.15) is 6.92 Å². The highest BCUT2D eigenvalue weighted by Crippen LogP contribution is 1.87. The molecule has 0 saturated carbocycles. The van der Waals surface area contributed by atoms with Crippen molar-refractivity contribution in [2.24, 2.45) is 0 Å². The highest BCUT2D eigenvalue weighted by molar-refractivity contribution is 5.85. The first kappa shape index (κ1) is 11.9. The Kier molecular flexibility index (Phi) is 5.88. The molecule has 0 aromatic heterocycles. The first-order valence-electron chi connectivity index (χ1n) is 4.28. The van der Waals surface area contributed by atoms with Crippen LogP contribution in [0, 0.1) is 0 Å². The molecule has 76 valence electrons. The van der Waals surface area contributed by atoms with Gasteiger partial charge in [-0.1, -0.05) is 0 Å². The maximum absolute atomic E-state index is 11.3. The summed E-state index contributed by atoms with van der Waals surface area (Å²) in [5, 5.41) is 5.22. The summed E-state index contributed by atoms with van der Waals surface area (Å²) in [5.41, 5.74) is 0. The molecule has 0 fully saturated rings. The largest absolute Gasteiger partial charge is 0.358 e. The monoisotopic (exact) mass is 187 g/mol. The summed E-state index contributed by atoms with van der Waals surface area (Å²) < 4.78 is 0. The molecular weight excluding hydrogens is 170 g/mol. The van der Waals surface area contributed by atoms with E-state index in [1.165, 1.54) is 4.90 Å². The lowest BCUT2D eigenvalue weighted by atomic mass is 10.4. The van der Waals surface area contributed by atoms with E-state index in [0.717, 1.165) is 0 Å². The molecule has 0 aromatic carbocycles. The predicted octanol–water partition coefficient (Wildman–Crippen LogP) is -1.20. The summed E-state index contributed by atoms with van der Waals surface area (Å²) >= 11 is 0. The van der Waals surface area contributed by atoms with Crippen molar-refractivity contribution in [3.63, 3.8) is 0 Å². The third-order valence-electron chi connectivity index (χ3n) is 1.68. The highest BCUT2D eigenvalue weighted by atomic mass is 16.2. The van der Waals surface area contributed by atoms with Gasteiger partial charge >= 0.3 is 0 Å². The normalized spacial score (nSPS) is 9.46. The minimum atomic E-state index is -0.147. The molecule has 13 heavy (non-hydrogen) atoms. The van der Waals surface area contributed by atoms with Gasteiger partial charge in [-0.05, 0) is 14.0 Å². The van der Waals surface area contributed by atoms with E-state index in [1.54, 1.807) is 14.1 Å². The van der Waals surface area contributed by atoms with Crippen LogP contribution in [-0.2, 0) is 9.59 Å². The molecule has 0 spiro atoms. The second kappa shape index (κ2) is 6.42. The minimum Gasteiger partial charge on any atom is -0.358 e. The van der Waals surface area contributed by atoms with E-state index >= 15 is 0 Å². The van der Waals surface area contributed by atoms with Gasteiger partial charge in [0.1, 0.15) is 0 Å². The van der Waals surface area contributed by atoms with Crippen LogP contribution >= 0.6 is 0 Å². The van der Waals surface area contributed by atoms with Crippen molar-refractivity contribution in [2.75, 3.05) is 33.7 Å². The fraction of sp³-hybridized carbons (Fsp3) is 0.750. The molecule has 2 N–H and O–H groups in total. The number of likely N-dealkylation sites (N-methyl/N-ethyl adjacent to an activating group) is 3. The van der Waals surface area contributed by atoms with Gasteiger partial charge in [0.2, 0.25) is 11.8 Å². The molecule has 0 atom stereocenters. The zero-order valence-electron chi connectivity index (χ0n) is 8.39. The van der Waals surface area contributed by atoms with Crippen molar-refractivity contribution in [2.45, 2.75) is 6.92 Å². The predicted molar refractivity (Wildman–Crippen MR) is 50.2 cm³/mol. The Hall–Kier alpha value is -1.10. The van der Waals surface area contributed by atoms with Crippen LogP contribution in [0.4, 0.5) is 0 Å². The number of amides is 2. The summed E-state index contributed by atoms with van der Waals surface area (Å²) in [6.45, 7) is 2.79. The average Bonchev–Trinajstić information content (AvgIpc) is 2.14. The number of nitrogens with zero attached hydrogens (tertiary/aromatic N) is 1. The first-order valence-corrected chi connectivity index (χ1v) is 4.28. The molecule has 2 amide bonds. The number of carbonyl (C=O) groups excluding carboxylic acids is 2. The second-order valence-corrected chi connectivity index (χ2v) is 2.61. The Balaban J connectivity index is 4.01. The van der Waals surface area contributed by atoms with Crippen molar-refractivity contribution < 1.29 is 9.59 Å². The van der Waals surface area contributed by atoms with Crippen molar-refractivity contribution in [1.82, 2.24) is 15.5 Å². The molecule has 0 heterocycles. The van der Waals surface area contributed by atoms with Gasteiger partial charge in [-0.2, -0.15) is 0 Å². The maximum atomic E-state index is 11.3. The number of rotatable bonds is 5. The van der Waals surface area contributed by atoms with Crippen LogP contribution in [0.15, 0.2) is 0 Å². The summed E-state index contributed by atoms with van der Waals surface area (Å²) in [7, 11) is 3.25. The van der Waals surface area contributed by atoms with Crippen molar-refractivity contribution in [1.29, 1.82) is 0 Å². The van der Waals surface area contributed by atoms with Gasteiger partial charge < -0.3 is 15.5 Å². The fourth-order valence-corrected chi connectivity index (χ4v) is 0.892. The van der Waals surface area contributed by atoms with Gasteiger partial charge in [0, 0.05) is 13.6 Å². The average molecular weight is 187 g/mol. The highest BCUT2D eigenvalue weighted by Gasteiger charge is 2.12. The lowest BCUT2D eigenvalue weighted by Crippen LogP contribution is -2.42. The molecular formula is C8H17N3O2. The van der Waals surface area contributed by atoms with Crippen LogP contribution in [-0.4, -0.2) is 50.4 Å². The quantitative estimate of drug-likeness (QED) is 0.568. The molecule has 0 aliphatic rings. The van der Waals surface area contributed by atoms with Gasteiger partial charge in [0.05, 0.1) is 13.1 Å². The fourth-order valence-electron chi connectivity index (χ4n) is 0.892. The smallest absolute Gasteiger partial charge is 0.239 e. The first-order chi connectivity index (χ1) is 6.15. The van der Waals surface area contributed by atoms with Gasteiger partial charge in [-0.25, -0.2) is 0 Å². The van der Waals surface area contributed by atoms with Crippen LogP contribution in [0.3, 0.4) is 0 Å². The Labute approximate surface area is 78.5 Å². The number of carbonyl (C=O) groups is 2. The molecule has 0 saturated heterocycles. The van der Waals surface area contributed by atoms with E-state index in [9.17, 15) is 9.59 Å². The summed E-state index contributed by atoms with van der Waals surface area (Å²) in [4.78, 5) is 23.8. The lowest BCUT2D eigenvalue weighted by molar-refractivity contribution is -0.134. The topological polar surface area (TPSA) is 61.4 Å². The van der Waals surface area contributed by atoms with E-state index in [4.69, 9.17) is 0 Å². The SMILES string of the molecule is CCN(CC(=O)NC)C(=O)CNC. The summed E-state index contributed by atoms with van der Waals surface area (Å²) in [6.07, 6.45) is 0. The zero-order valence-corrected chi connectivity index (χ0v) is 8.39. The molecule has 0 aliphatic heterocycles. The third kappa shape index (κ3) is 4.47. The van der Waals surface area contributed by atoms with Gasteiger partial charge in [0.15, 0.2) is 0 Å². The van der Waals surface area contributed by atoms with Gasteiger partial charge in [-0.15, -0.1) is 0 Å². The number of hydrogen-bond acceptors (Lipinski definition) is 3.